The summed E-state index contributed by atoms with van der Waals surface area (Å²) in [6, 6.07) is 0. The first-order valence-corrected chi connectivity index (χ1v) is 8.73. The molecule has 0 bridgehead atoms. The predicted octanol–water partition coefficient (Wildman–Crippen LogP) is 4.33. The van der Waals surface area contributed by atoms with Crippen molar-refractivity contribution in [1.29, 1.82) is 0 Å². The quantitative estimate of drug-likeness (QED) is 0.284. The fourth-order valence-electron chi connectivity index (χ4n) is 2.26. The summed E-state index contributed by atoms with van der Waals surface area (Å²) in [5.74, 6) is 0. The minimum Gasteiger partial charge on any atom is -0.334 e. The van der Waals surface area contributed by atoms with Crippen molar-refractivity contribution in [3.63, 3.8) is 0 Å². The summed E-state index contributed by atoms with van der Waals surface area (Å²) in [4.78, 5) is 4.89. The van der Waals surface area contributed by atoms with Crippen molar-refractivity contribution in [3.05, 3.63) is 48.6 Å². The summed E-state index contributed by atoms with van der Waals surface area (Å²) < 4.78 is 0. The number of hydrogen-bond donors (Lipinski definition) is 0. The fraction of sp³-hybridized carbons (Fsp3) is 0.579. The Morgan fingerprint density at radius 3 is 2.09 bits per heavy atom. The van der Waals surface area contributed by atoms with Gasteiger partial charge in [-0.3, -0.25) is 0 Å². The smallest absolute Gasteiger partial charge is 0.291 e. The first-order chi connectivity index (χ1) is 10.7. The lowest BCUT2D eigenvalue weighted by Gasteiger charge is -2.24. The standard InChI is InChI=1S/C19H35BN2/c1-5-8-9-10-11-12-13-14-15-16-19-22(18-7-3)20-21(4)17-6-2/h5,8,10-11,13-16,20H,6-7,9,12,17-19H2,1-4H3/b8-5-,11-10-,14-13-,16-15-. The van der Waals surface area contributed by atoms with Gasteiger partial charge in [0.1, 0.15) is 0 Å². The van der Waals surface area contributed by atoms with E-state index < -0.39 is 0 Å². The third kappa shape index (κ3) is 13.9. The van der Waals surface area contributed by atoms with E-state index in [9.17, 15) is 0 Å². The molecule has 124 valence electrons. The van der Waals surface area contributed by atoms with Gasteiger partial charge in [0.05, 0.1) is 0 Å². The van der Waals surface area contributed by atoms with Gasteiger partial charge < -0.3 is 9.62 Å². The second-order valence-electron chi connectivity index (χ2n) is 5.67. The molecule has 0 radical (unpaired) electrons. The molecule has 0 aliphatic rings. The van der Waals surface area contributed by atoms with Crippen LogP contribution in [0.25, 0.3) is 0 Å². The first-order valence-electron chi connectivity index (χ1n) is 8.73. The Bertz CT molecular complexity index is 345. The zero-order valence-corrected chi connectivity index (χ0v) is 15.2. The van der Waals surface area contributed by atoms with E-state index in [1.54, 1.807) is 0 Å². The molecule has 0 atom stereocenters. The van der Waals surface area contributed by atoms with Crippen LogP contribution in [-0.2, 0) is 0 Å². The van der Waals surface area contributed by atoms with E-state index in [2.05, 4.69) is 86.0 Å². The van der Waals surface area contributed by atoms with Gasteiger partial charge in [-0.25, -0.2) is 0 Å². The van der Waals surface area contributed by atoms with Gasteiger partial charge in [0, 0.05) is 6.54 Å². The molecule has 2 nitrogen and oxygen atoms in total. The lowest BCUT2D eigenvalue weighted by Crippen LogP contribution is -2.40. The molecule has 0 aromatic carbocycles. The van der Waals surface area contributed by atoms with Crippen LogP contribution < -0.4 is 0 Å². The maximum Gasteiger partial charge on any atom is 0.291 e. The molecule has 0 fully saturated rings. The molecule has 0 saturated carbocycles. The summed E-state index contributed by atoms with van der Waals surface area (Å²) >= 11 is 0. The van der Waals surface area contributed by atoms with E-state index in [0.29, 0.717) is 0 Å². The van der Waals surface area contributed by atoms with Crippen LogP contribution in [0.5, 0.6) is 0 Å². The molecule has 0 unspecified atom stereocenters. The van der Waals surface area contributed by atoms with Gasteiger partial charge in [-0.2, -0.15) is 0 Å². The largest absolute Gasteiger partial charge is 0.334 e. The highest BCUT2D eigenvalue weighted by molar-refractivity contribution is 6.28. The Balaban J connectivity index is 3.95. The van der Waals surface area contributed by atoms with Gasteiger partial charge in [0.15, 0.2) is 0 Å². The Morgan fingerprint density at radius 2 is 1.45 bits per heavy atom. The molecule has 0 amide bonds. The zero-order valence-electron chi connectivity index (χ0n) is 15.2. The van der Waals surface area contributed by atoms with Crippen LogP contribution in [0.2, 0.25) is 0 Å². The SMILES string of the molecule is C/C=C\C/C=C\C/C=C\C=C/CN(BN(C)CCC)CCC. The van der Waals surface area contributed by atoms with Crippen LogP contribution in [0.15, 0.2) is 48.6 Å². The van der Waals surface area contributed by atoms with E-state index in [1.165, 1.54) is 19.4 Å². The number of allylic oxidation sites excluding steroid dienone is 7. The Labute approximate surface area is 139 Å². The van der Waals surface area contributed by atoms with Crippen LogP contribution in [-0.4, -0.2) is 43.9 Å². The van der Waals surface area contributed by atoms with E-state index in [1.807, 2.05) is 0 Å². The van der Waals surface area contributed by atoms with Crippen molar-refractivity contribution in [2.24, 2.45) is 0 Å². The van der Waals surface area contributed by atoms with Gasteiger partial charge in [0.25, 0.3) is 7.55 Å². The third-order valence-corrected chi connectivity index (χ3v) is 3.28. The lowest BCUT2D eigenvalue weighted by molar-refractivity contribution is 0.415. The second kappa shape index (κ2) is 16.3. The number of nitrogens with zero attached hydrogens (tertiary/aromatic N) is 2. The van der Waals surface area contributed by atoms with Crippen molar-refractivity contribution in [3.8, 4) is 0 Å². The van der Waals surface area contributed by atoms with Gasteiger partial charge in [-0.05, 0) is 52.7 Å². The van der Waals surface area contributed by atoms with Crippen LogP contribution in [0.1, 0.15) is 46.5 Å². The first kappa shape index (κ1) is 20.9. The highest BCUT2D eigenvalue weighted by atomic mass is 15.2. The second-order valence-corrected chi connectivity index (χ2v) is 5.67. The van der Waals surface area contributed by atoms with Crippen molar-refractivity contribution in [2.45, 2.75) is 46.5 Å². The van der Waals surface area contributed by atoms with Crippen molar-refractivity contribution in [1.82, 2.24) is 9.62 Å². The molecule has 0 heterocycles. The number of hydrogen-bond acceptors (Lipinski definition) is 2. The molecular weight excluding hydrogens is 267 g/mol. The average Bonchev–Trinajstić information content (AvgIpc) is 2.49. The molecule has 0 aromatic heterocycles. The van der Waals surface area contributed by atoms with E-state index in [-0.39, 0.29) is 0 Å². The topological polar surface area (TPSA) is 6.48 Å². The summed E-state index contributed by atoms with van der Waals surface area (Å²) in [6.45, 7) is 9.90. The van der Waals surface area contributed by atoms with E-state index in [0.717, 1.165) is 33.5 Å². The minimum atomic E-state index is 1.01. The van der Waals surface area contributed by atoms with Gasteiger partial charge >= 0.3 is 0 Å². The summed E-state index contributed by atoms with van der Waals surface area (Å²) in [5.41, 5.74) is 0. The third-order valence-electron chi connectivity index (χ3n) is 3.28. The number of rotatable bonds is 13. The van der Waals surface area contributed by atoms with Crippen LogP contribution in [0, 0.1) is 0 Å². The van der Waals surface area contributed by atoms with Gasteiger partial charge in [0.2, 0.25) is 0 Å². The zero-order chi connectivity index (χ0) is 16.5. The molecule has 0 aliphatic heterocycles. The molecular formula is C19H35BN2. The van der Waals surface area contributed by atoms with Crippen molar-refractivity contribution >= 4 is 7.55 Å². The molecule has 3 heteroatoms. The van der Waals surface area contributed by atoms with E-state index >= 15 is 0 Å². The highest BCUT2D eigenvalue weighted by Gasteiger charge is 2.07. The highest BCUT2D eigenvalue weighted by Crippen LogP contribution is 1.95. The Kier molecular flexibility index (Phi) is 15.5. The molecule has 0 N–H and O–H groups in total. The van der Waals surface area contributed by atoms with Crippen molar-refractivity contribution < 1.29 is 0 Å². The van der Waals surface area contributed by atoms with Crippen LogP contribution in [0.3, 0.4) is 0 Å². The normalized spacial score (nSPS) is 13.0. The predicted molar refractivity (Wildman–Crippen MR) is 103 cm³/mol. The summed E-state index contributed by atoms with van der Waals surface area (Å²) in [5, 5.41) is 0. The van der Waals surface area contributed by atoms with Crippen LogP contribution >= 0.6 is 0 Å². The average molecular weight is 302 g/mol. The molecule has 0 aromatic rings. The molecule has 0 saturated heterocycles. The van der Waals surface area contributed by atoms with Gasteiger partial charge in [-0.1, -0.05) is 62.5 Å². The lowest BCUT2D eigenvalue weighted by atomic mass is 10.0. The molecule has 0 aliphatic carbocycles. The summed E-state index contributed by atoms with van der Waals surface area (Å²) in [6.07, 6.45) is 21.9. The maximum atomic E-state index is 2.50. The Morgan fingerprint density at radius 1 is 0.818 bits per heavy atom. The molecule has 0 spiro atoms. The van der Waals surface area contributed by atoms with Crippen LogP contribution in [0.4, 0.5) is 0 Å². The molecule has 0 rings (SSSR count). The maximum absolute atomic E-state index is 2.50. The molecule has 22 heavy (non-hydrogen) atoms. The monoisotopic (exact) mass is 302 g/mol. The minimum absolute atomic E-state index is 1.01. The summed E-state index contributed by atoms with van der Waals surface area (Å²) in [7, 11) is 3.26. The van der Waals surface area contributed by atoms with Gasteiger partial charge in [-0.15, -0.1) is 0 Å². The van der Waals surface area contributed by atoms with Crippen molar-refractivity contribution in [2.75, 3.05) is 26.7 Å². The van der Waals surface area contributed by atoms with E-state index in [4.69, 9.17) is 0 Å². The fourth-order valence-corrected chi connectivity index (χ4v) is 2.26. The Hall–Kier alpha value is -1.06.